The molecule has 2 N–H and O–H groups in total. The van der Waals surface area contributed by atoms with Crippen molar-refractivity contribution in [3.8, 4) is 11.5 Å². The van der Waals surface area contributed by atoms with Crippen LogP contribution in [0, 0.1) is 11.8 Å². The highest BCUT2D eigenvalue weighted by Gasteiger charge is 2.44. The largest absolute Gasteiger partial charge is 0.492 e. The number of rotatable bonds is 5. The third-order valence-electron chi connectivity index (χ3n) is 6.09. The molecule has 1 heterocycles. The van der Waals surface area contributed by atoms with Gasteiger partial charge in [0.05, 0.1) is 42.7 Å². The molecule has 0 amide bonds. The van der Waals surface area contributed by atoms with E-state index in [4.69, 9.17) is 14.2 Å². The summed E-state index contributed by atoms with van der Waals surface area (Å²) in [4.78, 5) is 26.3. The molecule has 2 aliphatic rings. The van der Waals surface area contributed by atoms with Crippen molar-refractivity contribution < 1.29 is 23.8 Å². The van der Waals surface area contributed by atoms with E-state index in [1.807, 2.05) is 50.2 Å². The summed E-state index contributed by atoms with van der Waals surface area (Å²) >= 11 is 3.58. The van der Waals surface area contributed by atoms with Crippen molar-refractivity contribution in [2.24, 2.45) is 11.8 Å². The number of esters is 1. The molecular weight excluding hydrogens is 488 g/mol. The molecule has 174 valence electrons. The van der Waals surface area contributed by atoms with Gasteiger partial charge in [0, 0.05) is 11.3 Å². The van der Waals surface area contributed by atoms with E-state index in [1.165, 1.54) is 7.11 Å². The summed E-state index contributed by atoms with van der Waals surface area (Å²) < 4.78 is 17.0. The number of halogens is 1. The topological polar surface area (TPSA) is 85.9 Å². The summed E-state index contributed by atoms with van der Waals surface area (Å²) in [5.41, 5.74) is 3.88. The zero-order valence-electron chi connectivity index (χ0n) is 19.0. The van der Waals surface area contributed by atoms with Gasteiger partial charge in [0.1, 0.15) is 5.92 Å². The van der Waals surface area contributed by atoms with Crippen molar-refractivity contribution in [2.75, 3.05) is 31.5 Å². The molecule has 2 aromatic carbocycles. The maximum atomic E-state index is 13.8. The van der Waals surface area contributed by atoms with Crippen LogP contribution in [0.5, 0.6) is 11.5 Å². The Morgan fingerprint density at radius 1 is 1.18 bits per heavy atom. The van der Waals surface area contributed by atoms with Crippen LogP contribution in [0.4, 0.5) is 11.4 Å². The van der Waals surface area contributed by atoms with Gasteiger partial charge in [0.2, 0.25) is 0 Å². The standard InChI is InChI=1S/C25H27BrN2O5/c1-5-33-19-12-14(11-15(26)24(19)31-3)22-21-18(27-16-8-6-7-9-17(16)28-22)10-13(2)20(23(21)29)25(30)32-4/h6-9,11-13,20,22,27-28H,5,10H2,1-4H3/t13-,20+,22-/m0/s1. The Kier molecular flexibility index (Phi) is 6.65. The second kappa shape index (κ2) is 9.47. The lowest BCUT2D eigenvalue weighted by molar-refractivity contribution is -0.151. The van der Waals surface area contributed by atoms with Gasteiger partial charge in [0.25, 0.3) is 0 Å². The lowest BCUT2D eigenvalue weighted by Gasteiger charge is -2.32. The third-order valence-corrected chi connectivity index (χ3v) is 6.68. The van der Waals surface area contributed by atoms with Crippen molar-refractivity contribution in [1.82, 2.24) is 0 Å². The maximum Gasteiger partial charge on any atom is 0.316 e. The fourth-order valence-electron chi connectivity index (χ4n) is 4.60. The van der Waals surface area contributed by atoms with Gasteiger partial charge in [-0.15, -0.1) is 0 Å². The second-order valence-corrected chi connectivity index (χ2v) is 9.01. The van der Waals surface area contributed by atoms with Gasteiger partial charge in [0.15, 0.2) is 17.3 Å². The summed E-state index contributed by atoms with van der Waals surface area (Å²) in [6, 6.07) is 11.1. The number of nitrogens with one attached hydrogen (secondary N) is 2. The van der Waals surface area contributed by atoms with Crippen molar-refractivity contribution in [2.45, 2.75) is 26.3 Å². The van der Waals surface area contributed by atoms with Crippen LogP contribution in [-0.4, -0.2) is 32.6 Å². The van der Waals surface area contributed by atoms with E-state index in [2.05, 4.69) is 26.6 Å². The quantitative estimate of drug-likeness (QED) is 0.424. The highest BCUT2D eigenvalue weighted by atomic mass is 79.9. The fourth-order valence-corrected chi connectivity index (χ4v) is 5.22. The lowest BCUT2D eigenvalue weighted by atomic mass is 9.75. The number of carbonyl (C=O) groups excluding carboxylic acids is 2. The van der Waals surface area contributed by atoms with Gasteiger partial charge in [-0.05, 0) is 65.0 Å². The minimum absolute atomic E-state index is 0.191. The van der Waals surface area contributed by atoms with Crippen LogP contribution in [0.15, 0.2) is 52.1 Å². The van der Waals surface area contributed by atoms with E-state index in [-0.39, 0.29) is 11.7 Å². The van der Waals surface area contributed by atoms with Crippen molar-refractivity contribution in [3.05, 3.63) is 57.7 Å². The Labute approximate surface area is 201 Å². The van der Waals surface area contributed by atoms with Gasteiger partial charge < -0.3 is 24.8 Å². The highest BCUT2D eigenvalue weighted by Crippen LogP contribution is 2.46. The van der Waals surface area contributed by atoms with Crippen LogP contribution >= 0.6 is 15.9 Å². The number of para-hydroxylation sites is 2. The maximum absolute atomic E-state index is 13.8. The van der Waals surface area contributed by atoms with Crippen molar-refractivity contribution in [3.63, 3.8) is 0 Å². The summed E-state index contributed by atoms with van der Waals surface area (Å²) in [6.07, 6.45) is 0.545. The Morgan fingerprint density at radius 3 is 2.58 bits per heavy atom. The summed E-state index contributed by atoms with van der Waals surface area (Å²) in [5, 5.41) is 6.97. The first-order valence-electron chi connectivity index (χ1n) is 10.9. The number of allylic oxidation sites excluding steroid dienone is 1. The van der Waals surface area contributed by atoms with E-state index in [0.717, 1.165) is 22.6 Å². The molecule has 0 saturated carbocycles. The van der Waals surface area contributed by atoms with Crippen LogP contribution in [0.2, 0.25) is 0 Å². The number of benzene rings is 2. The van der Waals surface area contributed by atoms with E-state index < -0.39 is 17.9 Å². The van der Waals surface area contributed by atoms with Crippen LogP contribution in [0.1, 0.15) is 31.9 Å². The Bertz CT molecular complexity index is 1130. The predicted octanol–water partition coefficient (Wildman–Crippen LogP) is 5.09. The first-order valence-corrected chi connectivity index (χ1v) is 11.7. The molecule has 4 rings (SSSR count). The minimum Gasteiger partial charge on any atom is -0.492 e. The number of fused-ring (bicyclic) bond motifs is 1. The van der Waals surface area contributed by atoms with Gasteiger partial charge >= 0.3 is 5.97 Å². The summed E-state index contributed by atoms with van der Waals surface area (Å²) in [6.45, 7) is 4.27. The number of Topliss-reactive ketones (excluding diaryl/α,β-unsaturated/α-hetero) is 1. The smallest absolute Gasteiger partial charge is 0.316 e. The molecule has 8 heteroatoms. The summed E-state index contributed by atoms with van der Waals surface area (Å²) in [7, 11) is 2.90. The molecule has 0 fully saturated rings. The molecule has 33 heavy (non-hydrogen) atoms. The summed E-state index contributed by atoms with van der Waals surface area (Å²) in [5.74, 6) is -0.639. The molecule has 0 aromatic heterocycles. The Balaban J connectivity index is 1.91. The molecule has 0 bridgehead atoms. The molecule has 0 radical (unpaired) electrons. The van der Waals surface area contributed by atoms with Crippen molar-refractivity contribution >= 4 is 39.1 Å². The molecule has 0 saturated heterocycles. The predicted molar refractivity (Wildman–Crippen MR) is 130 cm³/mol. The van der Waals surface area contributed by atoms with Crippen LogP contribution in [-0.2, 0) is 14.3 Å². The molecule has 0 unspecified atom stereocenters. The molecule has 1 aliphatic heterocycles. The fraction of sp³-hybridized carbons (Fsp3) is 0.360. The van der Waals surface area contributed by atoms with Gasteiger partial charge in [-0.2, -0.15) is 0 Å². The van der Waals surface area contributed by atoms with Crippen LogP contribution in [0.3, 0.4) is 0 Å². The number of anilines is 2. The van der Waals surface area contributed by atoms with E-state index in [9.17, 15) is 9.59 Å². The molecular formula is C25H27BrN2O5. The number of methoxy groups -OCH3 is 2. The van der Waals surface area contributed by atoms with E-state index in [0.29, 0.717) is 34.6 Å². The SMILES string of the molecule is CCOc1cc([C@@H]2Nc3ccccc3NC3=C2C(=O)[C@H](C(=O)OC)[C@@H](C)C3)cc(Br)c1OC. The van der Waals surface area contributed by atoms with Crippen LogP contribution < -0.4 is 20.1 Å². The average molecular weight is 515 g/mol. The van der Waals surface area contributed by atoms with E-state index in [1.54, 1.807) is 7.11 Å². The number of ether oxygens (including phenoxy) is 3. The third kappa shape index (κ3) is 4.19. The molecule has 7 nitrogen and oxygen atoms in total. The lowest BCUT2D eigenvalue weighted by Crippen LogP contribution is -2.39. The highest BCUT2D eigenvalue weighted by molar-refractivity contribution is 9.10. The minimum atomic E-state index is -0.853. The first kappa shape index (κ1) is 23.2. The van der Waals surface area contributed by atoms with Crippen molar-refractivity contribution in [1.29, 1.82) is 0 Å². The number of hydrogen-bond acceptors (Lipinski definition) is 7. The van der Waals surface area contributed by atoms with Gasteiger partial charge in [-0.1, -0.05) is 19.1 Å². The normalized spacial score (nSPS) is 21.7. The first-order chi connectivity index (χ1) is 15.9. The number of ketones is 1. The average Bonchev–Trinajstić information content (AvgIpc) is 2.95. The Hall–Kier alpha value is -3.00. The zero-order valence-corrected chi connectivity index (χ0v) is 20.6. The Morgan fingerprint density at radius 2 is 1.91 bits per heavy atom. The van der Waals surface area contributed by atoms with Gasteiger partial charge in [-0.25, -0.2) is 0 Å². The number of hydrogen-bond donors (Lipinski definition) is 2. The van der Waals surface area contributed by atoms with Gasteiger partial charge in [-0.3, -0.25) is 9.59 Å². The molecule has 3 atom stereocenters. The molecule has 2 aromatic rings. The molecule has 0 spiro atoms. The monoisotopic (exact) mass is 514 g/mol. The number of carbonyl (C=O) groups is 2. The molecule has 1 aliphatic carbocycles. The zero-order chi connectivity index (χ0) is 23.7. The van der Waals surface area contributed by atoms with Crippen LogP contribution in [0.25, 0.3) is 0 Å². The second-order valence-electron chi connectivity index (χ2n) is 8.15. The van der Waals surface area contributed by atoms with E-state index >= 15 is 0 Å².